The van der Waals surface area contributed by atoms with Gasteiger partial charge in [-0.25, -0.2) is 4.79 Å². The topological polar surface area (TPSA) is 94.0 Å². The van der Waals surface area contributed by atoms with E-state index in [-0.39, 0.29) is 24.4 Å². The summed E-state index contributed by atoms with van der Waals surface area (Å²) in [7, 11) is 0. The summed E-state index contributed by atoms with van der Waals surface area (Å²) in [6, 6.07) is 6.39. The van der Waals surface area contributed by atoms with Crippen molar-refractivity contribution in [1.29, 1.82) is 5.26 Å². The summed E-state index contributed by atoms with van der Waals surface area (Å²) in [5.74, 6) is -0.238. The maximum atomic E-state index is 12.1. The Morgan fingerprint density at radius 3 is 2.78 bits per heavy atom. The zero-order valence-electron chi connectivity index (χ0n) is 12.9. The smallest absolute Gasteiger partial charge is 0.319 e. The summed E-state index contributed by atoms with van der Waals surface area (Å²) in [5, 5.41) is 17.3. The molecule has 0 aliphatic heterocycles. The molecule has 1 aromatic carbocycles. The number of nitriles is 1. The minimum atomic E-state index is -0.414. The van der Waals surface area contributed by atoms with E-state index in [0.717, 1.165) is 12.8 Å². The maximum absolute atomic E-state index is 12.1. The van der Waals surface area contributed by atoms with Crippen LogP contribution in [0.25, 0.3) is 0 Å². The molecule has 122 valence electrons. The van der Waals surface area contributed by atoms with Gasteiger partial charge in [0.15, 0.2) is 0 Å². The van der Waals surface area contributed by atoms with E-state index in [1.807, 2.05) is 13.0 Å². The monoisotopic (exact) mass is 334 g/mol. The number of anilines is 1. The third-order valence-corrected chi connectivity index (χ3v) is 3.88. The molecule has 1 fully saturated rings. The van der Waals surface area contributed by atoms with E-state index in [9.17, 15) is 9.59 Å². The molecule has 0 heterocycles. The number of nitrogens with zero attached hydrogens (tertiary/aromatic N) is 1. The van der Waals surface area contributed by atoms with Crippen LogP contribution in [0.15, 0.2) is 18.2 Å². The highest BCUT2D eigenvalue weighted by atomic mass is 35.5. The zero-order valence-corrected chi connectivity index (χ0v) is 13.6. The summed E-state index contributed by atoms with van der Waals surface area (Å²) in [4.78, 5) is 24.0. The molecule has 6 nitrogen and oxygen atoms in total. The van der Waals surface area contributed by atoms with Crippen LogP contribution in [-0.4, -0.2) is 24.0 Å². The molecule has 0 bridgehead atoms. The normalized spacial score (nSPS) is 14.5. The van der Waals surface area contributed by atoms with Crippen molar-refractivity contribution in [1.82, 2.24) is 10.6 Å². The molecule has 2 rings (SSSR count). The number of amides is 3. The third kappa shape index (κ3) is 5.15. The van der Waals surface area contributed by atoms with Crippen LogP contribution in [0.3, 0.4) is 0 Å². The van der Waals surface area contributed by atoms with E-state index in [4.69, 9.17) is 16.9 Å². The lowest BCUT2D eigenvalue weighted by Gasteiger charge is -2.15. The Hall–Kier alpha value is -2.26. The van der Waals surface area contributed by atoms with E-state index >= 15 is 0 Å². The molecular formula is C16H19ClN4O2. The molecule has 0 radical (unpaired) electrons. The molecular weight excluding hydrogens is 316 g/mol. The summed E-state index contributed by atoms with van der Waals surface area (Å²) in [6.07, 6.45) is 2.89. The molecule has 1 saturated carbocycles. The largest absolute Gasteiger partial charge is 0.349 e. The Kier molecular flexibility index (Phi) is 5.83. The first-order valence-corrected chi connectivity index (χ1v) is 7.96. The minimum Gasteiger partial charge on any atom is -0.349 e. The Labute approximate surface area is 140 Å². The van der Waals surface area contributed by atoms with Gasteiger partial charge in [0.05, 0.1) is 23.1 Å². The molecule has 23 heavy (non-hydrogen) atoms. The van der Waals surface area contributed by atoms with Gasteiger partial charge in [0, 0.05) is 17.8 Å². The Morgan fingerprint density at radius 1 is 1.43 bits per heavy atom. The number of hydrogen-bond acceptors (Lipinski definition) is 3. The van der Waals surface area contributed by atoms with Crippen molar-refractivity contribution in [2.45, 2.75) is 44.7 Å². The number of rotatable bonds is 6. The molecule has 1 atom stereocenters. The lowest BCUT2D eigenvalue weighted by molar-refractivity contribution is 0.0951. The first-order chi connectivity index (χ1) is 11.0. The molecule has 1 aliphatic rings. The van der Waals surface area contributed by atoms with E-state index in [0.29, 0.717) is 22.7 Å². The van der Waals surface area contributed by atoms with E-state index in [1.54, 1.807) is 18.2 Å². The number of hydrogen-bond donors (Lipinski definition) is 3. The second-order valence-electron chi connectivity index (χ2n) is 5.51. The molecule has 1 aromatic rings. The third-order valence-electron chi connectivity index (χ3n) is 3.55. The van der Waals surface area contributed by atoms with Crippen LogP contribution in [-0.2, 0) is 0 Å². The van der Waals surface area contributed by atoms with Crippen molar-refractivity contribution in [2.24, 2.45) is 0 Å². The van der Waals surface area contributed by atoms with Gasteiger partial charge in [-0.15, -0.1) is 0 Å². The number of benzene rings is 1. The first kappa shape index (κ1) is 17.1. The van der Waals surface area contributed by atoms with Crippen LogP contribution in [0.4, 0.5) is 10.5 Å². The highest BCUT2D eigenvalue weighted by Crippen LogP contribution is 2.24. The number of urea groups is 1. The van der Waals surface area contributed by atoms with Crippen molar-refractivity contribution in [3.8, 4) is 6.07 Å². The Bertz CT molecular complexity index is 637. The summed E-state index contributed by atoms with van der Waals surface area (Å²) in [5.41, 5.74) is 0.806. The minimum absolute atomic E-state index is 0.204. The summed E-state index contributed by atoms with van der Waals surface area (Å²) < 4.78 is 0. The van der Waals surface area contributed by atoms with Gasteiger partial charge in [0.1, 0.15) is 0 Å². The molecule has 0 aromatic heterocycles. The second-order valence-corrected chi connectivity index (χ2v) is 5.92. The lowest BCUT2D eigenvalue weighted by Crippen LogP contribution is -2.37. The van der Waals surface area contributed by atoms with Crippen molar-refractivity contribution >= 4 is 29.2 Å². The lowest BCUT2D eigenvalue weighted by atomic mass is 10.1. The fraction of sp³-hybridized carbons (Fsp3) is 0.438. The average molecular weight is 335 g/mol. The van der Waals surface area contributed by atoms with Gasteiger partial charge in [-0.2, -0.15) is 5.26 Å². The van der Waals surface area contributed by atoms with Crippen LogP contribution in [0.2, 0.25) is 5.02 Å². The SMILES string of the molecule is CC[C@H](CC#N)NC(=O)Nc1ccc(Cl)c(C(=O)NC2CC2)c1. The fourth-order valence-electron chi connectivity index (χ4n) is 2.03. The summed E-state index contributed by atoms with van der Waals surface area (Å²) >= 11 is 6.05. The molecule has 7 heteroatoms. The van der Waals surface area contributed by atoms with Crippen LogP contribution < -0.4 is 16.0 Å². The second kappa shape index (κ2) is 7.84. The molecule has 3 amide bonds. The van der Waals surface area contributed by atoms with Crippen LogP contribution in [0.1, 0.15) is 43.0 Å². The van der Waals surface area contributed by atoms with Gasteiger partial charge < -0.3 is 16.0 Å². The molecule has 0 saturated heterocycles. The quantitative estimate of drug-likeness (QED) is 0.746. The fourth-order valence-corrected chi connectivity index (χ4v) is 2.23. The van der Waals surface area contributed by atoms with Gasteiger partial charge in [0.25, 0.3) is 5.91 Å². The van der Waals surface area contributed by atoms with Crippen LogP contribution >= 0.6 is 11.6 Å². The van der Waals surface area contributed by atoms with Crippen LogP contribution in [0, 0.1) is 11.3 Å². The number of carbonyl (C=O) groups is 2. The first-order valence-electron chi connectivity index (χ1n) is 7.58. The zero-order chi connectivity index (χ0) is 16.8. The van der Waals surface area contributed by atoms with Gasteiger partial charge in [0.2, 0.25) is 0 Å². The number of halogens is 1. The van der Waals surface area contributed by atoms with Gasteiger partial charge in [-0.3, -0.25) is 4.79 Å². The van der Waals surface area contributed by atoms with Crippen molar-refractivity contribution in [3.63, 3.8) is 0 Å². The molecule has 1 aliphatic carbocycles. The number of nitrogens with one attached hydrogen (secondary N) is 3. The predicted molar refractivity (Wildman–Crippen MR) is 88.4 cm³/mol. The van der Waals surface area contributed by atoms with Crippen molar-refractivity contribution in [3.05, 3.63) is 28.8 Å². The van der Waals surface area contributed by atoms with Crippen LogP contribution in [0.5, 0.6) is 0 Å². The summed E-state index contributed by atoms with van der Waals surface area (Å²) in [6.45, 7) is 1.89. The molecule has 3 N–H and O–H groups in total. The van der Waals surface area contributed by atoms with Crippen molar-refractivity contribution in [2.75, 3.05) is 5.32 Å². The van der Waals surface area contributed by atoms with E-state index in [2.05, 4.69) is 16.0 Å². The number of carbonyl (C=O) groups excluding carboxylic acids is 2. The highest BCUT2D eigenvalue weighted by Gasteiger charge is 2.25. The van der Waals surface area contributed by atoms with Gasteiger partial charge >= 0.3 is 6.03 Å². The molecule has 0 spiro atoms. The van der Waals surface area contributed by atoms with E-state index < -0.39 is 6.03 Å². The average Bonchev–Trinajstić information content (AvgIpc) is 3.32. The Morgan fingerprint density at radius 2 is 2.17 bits per heavy atom. The maximum Gasteiger partial charge on any atom is 0.319 e. The molecule has 0 unspecified atom stereocenters. The standard InChI is InChI=1S/C16H19ClN4O2/c1-2-10(7-8-18)20-16(23)21-12-5-6-14(17)13(9-12)15(22)19-11-3-4-11/h5-6,9-11H,2-4,7H2,1H3,(H,19,22)(H2,20,21,23)/t10-/m1/s1. The highest BCUT2D eigenvalue weighted by molar-refractivity contribution is 6.34. The predicted octanol–water partition coefficient (Wildman–Crippen LogP) is 3.05. The van der Waals surface area contributed by atoms with Gasteiger partial charge in [-0.05, 0) is 37.5 Å². The van der Waals surface area contributed by atoms with Gasteiger partial charge in [-0.1, -0.05) is 18.5 Å². The van der Waals surface area contributed by atoms with E-state index in [1.165, 1.54) is 0 Å². The van der Waals surface area contributed by atoms with Crippen molar-refractivity contribution < 1.29 is 9.59 Å². The Balaban J connectivity index is 2.00.